The zero-order valence-corrected chi connectivity index (χ0v) is 27.9. The SMILES string of the molecule is CN[C@H](C(=O)Nc1cccc(F)c1OCC1CCNC2CCCSN1C2)C(c1ccc(F)cc1)c1cc(F)cc(F)c1.CO.COC=O. The molecule has 2 heterocycles. The first-order valence-corrected chi connectivity index (χ1v) is 16.3. The summed E-state index contributed by atoms with van der Waals surface area (Å²) in [4.78, 5) is 22.7. The van der Waals surface area contributed by atoms with E-state index in [1.54, 1.807) is 18.0 Å². The lowest BCUT2D eigenvalue weighted by molar-refractivity contribution is -0.126. The van der Waals surface area contributed by atoms with E-state index in [1.165, 1.54) is 50.6 Å². The van der Waals surface area contributed by atoms with Gasteiger partial charge in [0.05, 0.1) is 24.9 Å². The molecule has 0 spiro atoms. The molecule has 0 aliphatic carbocycles. The van der Waals surface area contributed by atoms with E-state index < -0.39 is 41.1 Å². The standard InChI is InChI=1S/C31H34F4N4O2S.C2H4O2.CH4O/c1-36-29(28(19-7-9-21(32)10-8-19)20-14-22(33)16-23(34)15-20)31(40)38-27-6-2-5-26(35)30(27)41-18-25-11-12-37-24-4-3-13-42-39(25)17-24;1-4-2-3;1-2/h2,5-10,14-16,24-25,28-29,36-37H,3-4,11-13,17-18H2,1H3,(H,38,40);2H,1H3;2H,1H3/t24?,25?,28?,29-;;/m0../s1. The van der Waals surface area contributed by atoms with Crippen LogP contribution < -0.4 is 20.7 Å². The molecule has 0 aromatic heterocycles. The Bertz CT molecular complexity index is 1440. The molecule has 2 bridgehead atoms. The third kappa shape index (κ3) is 10.9. The number of nitrogens with zero attached hydrogens (tertiary/aromatic N) is 1. The van der Waals surface area contributed by atoms with Gasteiger partial charge in [0.25, 0.3) is 6.47 Å². The van der Waals surface area contributed by atoms with Gasteiger partial charge in [0.15, 0.2) is 11.6 Å². The molecule has 4 unspecified atom stereocenters. The Balaban J connectivity index is 0.000000970. The molecule has 2 aliphatic rings. The van der Waals surface area contributed by atoms with Crippen LogP contribution in [-0.4, -0.2) is 86.6 Å². The number of hydrogen-bond donors (Lipinski definition) is 4. The van der Waals surface area contributed by atoms with Gasteiger partial charge in [-0.1, -0.05) is 30.1 Å². The number of rotatable bonds is 10. The number of methoxy groups -OCH3 is 1. The first-order chi connectivity index (χ1) is 23.2. The average molecular weight is 695 g/mol. The van der Waals surface area contributed by atoms with E-state index in [-0.39, 0.29) is 29.6 Å². The number of ether oxygens (including phenoxy) is 2. The van der Waals surface area contributed by atoms with E-state index in [1.807, 2.05) is 0 Å². The fourth-order valence-corrected chi connectivity index (χ4v) is 6.85. The molecule has 2 fully saturated rings. The molecule has 5 rings (SSSR count). The Hall–Kier alpha value is -3.69. The number of para-hydroxylation sites is 1. The fourth-order valence-electron chi connectivity index (χ4n) is 5.65. The minimum absolute atomic E-state index is 0.0598. The largest absolute Gasteiger partial charge is 0.487 e. The predicted octanol–water partition coefficient (Wildman–Crippen LogP) is 4.85. The molecule has 48 heavy (non-hydrogen) atoms. The van der Waals surface area contributed by atoms with Gasteiger partial charge in [0, 0.05) is 37.4 Å². The van der Waals surface area contributed by atoms with Gasteiger partial charge in [-0.05, 0) is 80.4 Å². The van der Waals surface area contributed by atoms with Crippen molar-refractivity contribution in [1.82, 2.24) is 14.9 Å². The summed E-state index contributed by atoms with van der Waals surface area (Å²) >= 11 is 1.79. The van der Waals surface area contributed by atoms with Crippen LogP contribution in [0.2, 0.25) is 0 Å². The molecule has 4 N–H and O–H groups in total. The van der Waals surface area contributed by atoms with Crippen LogP contribution in [0.3, 0.4) is 0 Å². The van der Waals surface area contributed by atoms with Crippen molar-refractivity contribution in [2.24, 2.45) is 0 Å². The van der Waals surface area contributed by atoms with Crippen molar-refractivity contribution in [2.45, 2.75) is 43.3 Å². The van der Waals surface area contributed by atoms with Crippen LogP contribution in [-0.2, 0) is 14.3 Å². The van der Waals surface area contributed by atoms with E-state index in [9.17, 15) is 18.0 Å². The van der Waals surface area contributed by atoms with Gasteiger partial charge >= 0.3 is 0 Å². The lowest BCUT2D eigenvalue weighted by atomic mass is 9.84. The highest BCUT2D eigenvalue weighted by Crippen LogP contribution is 2.33. The third-order valence-corrected chi connectivity index (χ3v) is 9.06. The van der Waals surface area contributed by atoms with Crippen LogP contribution in [0.1, 0.15) is 36.3 Å². The molecule has 2 aliphatic heterocycles. The second-order valence-corrected chi connectivity index (χ2v) is 12.1. The van der Waals surface area contributed by atoms with Crippen LogP contribution in [0.4, 0.5) is 23.2 Å². The summed E-state index contributed by atoms with van der Waals surface area (Å²) in [5, 5.41) is 16.3. The van der Waals surface area contributed by atoms with Gasteiger partial charge in [0.1, 0.15) is 24.1 Å². The second kappa shape index (κ2) is 20.0. The van der Waals surface area contributed by atoms with Crippen molar-refractivity contribution in [3.63, 3.8) is 0 Å². The summed E-state index contributed by atoms with van der Waals surface area (Å²) in [7, 11) is 3.85. The summed E-state index contributed by atoms with van der Waals surface area (Å²) in [6.45, 7) is 2.34. The number of halogens is 4. The molecule has 3 aromatic carbocycles. The number of aliphatic hydroxyl groups excluding tert-OH is 1. The van der Waals surface area contributed by atoms with Crippen LogP contribution in [0.5, 0.6) is 5.75 Å². The molecule has 5 atom stereocenters. The van der Waals surface area contributed by atoms with Crippen molar-refractivity contribution in [3.05, 3.63) is 95.1 Å². The molecular formula is C34H42F4N4O5S. The van der Waals surface area contributed by atoms with E-state index in [0.29, 0.717) is 18.1 Å². The summed E-state index contributed by atoms with van der Waals surface area (Å²) < 4.78 is 69.6. The molecule has 262 valence electrons. The van der Waals surface area contributed by atoms with Crippen molar-refractivity contribution < 1.29 is 41.7 Å². The van der Waals surface area contributed by atoms with Crippen molar-refractivity contribution in [3.8, 4) is 5.75 Å². The Morgan fingerprint density at radius 2 is 1.73 bits per heavy atom. The first-order valence-electron chi connectivity index (χ1n) is 15.4. The number of amides is 1. The van der Waals surface area contributed by atoms with Crippen molar-refractivity contribution in [1.29, 1.82) is 0 Å². The highest BCUT2D eigenvalue weighted by molar-refractivity contribution is 7.97. The molecule has 14 heteroatoms. The van der Waals surface area contributed by atoms with Crippen LogP contribution in [0.15, 0.2) is 60.7 Å². The van der Waals surface area contributed by atoms with Crippen molar-refractivity contribution >= 4 is 30.0 Å². The summed E-state index contributed by atoms with van der Waals surface area (Å²) in [5.41, 5.74) is 0.776. The molecule has 9 nitrogen and oxygen atoms in total. The molecule has 3 aromatic rings. The lowest BCUT2D eigenvalue weighted by Crippen LogP contribution is -2.43. The summed E-state index contributed by atoms with van der Waals surface area (Å²) in [5.74, 6) is -3.28. The third-order valence-electron chi connectivity index (χ3n) is 7.81. The number of benzene rings is 3. The van der Waals surface area contributed by atoms with E-state index in [0.717, 1.165) is 63.4 Å². The second-order valence-electron chi connectivity index (χ2n) is 10.9. The minimum atomic E-state index is -1.06. The van der Waals surface area contributed by atoms with Crippen LogP contribution in [0, 0.1) is 23.3 Å². The summed E-state index contributed by atoms with van der Waals surface area (Å²) in [6.07, 6.45) is 3.09. The van der Waals surface area contributed by atoms with E-state index in [2.05, 4.69) is 25.0 Å². The molecular weight excluding hydrogens is 652 g/mol. The van der Waals surface area contributed by atoms with Gasteiger partial charge in [-0.15, -0.1) is 0 Å². The Labute approximate surface area is 282 Å². The topological polar surface area (TPSA) is 112 Å². The molecule has 2 saturated heterocycles. The number of aliphatic hydroxyl groups is 1. The lowest BCUT2D eigenvalue weighted by Gasteiger charge is -2.29. The normalized spacial score (nSPS) is 19.8. The summed E-state index contributed by atoms with van der Waals surface area (Å²) in [6, 6.07) is 12.1. The number of anilines is 1. The number of likely N-dealkylation sites (N-methyl/N-ethyl adjacent to an activating group) is 1. The van der Waals surface area contributed by atoms with Gasteiger partial charge in [-0.25, -0.2) is 21.9 Å². The Morgan fingerprint density at radius 3 is 2.38 bits per heavy atom. The van der Waals surface area contributed by atoms with Gasteiger partial charge in [0.2, 0.25) is 5.91 Å². The maximum Gasteiger partial charge on any atom is 0.292 e. The number of nitrogens with one attached hydrogen (secondary N) is 3. The Morgan fingerprint density at radius 1 is 1.04 bits per heavy atom. The number of fused-ring (bicyclic) bond motifs is 2. The number of carbonyl (C=O) groups excluding carboxylic acids is 2. The van der Waals surface area contributed by atoms with E-state index in [4.69, 9.17) is 14.6 Å². The smallest absolute Gasteiger partial charge is 0.292 e. The fraction of sp³-hybridized carbons (Fsp3) is 0.412. The maximum atomic E-state index is 15.1. The highest BCUT2D eigenvalue weighted by atomic mass is 32.2. The molecule has 0 saturated carbocycles. The number of carbonyl (C=O) groups is 2. The van der Waals surface area contributed by atoms with Crippen molar-refractivity contribution in [2.75, 3.05) is 52.0 Å². The molecule has 1 amide bonds. The minimum Gasteiger partial charge on any atom is -0.487 e. The highest BCUT2D eigenvalue weighted by Gasteiger charge is 2.32. The van der Waals surface area contributed by atoms with Crippen LogP contribution >= 0.6 is 11.9 Å². The quantitative estimate of drug-likeness (QED) is 0.135. The Kier molecular flexibility index (Phi) is 16.1. The monoisotopic (exact) mass is 694 g/mol. The zero-order valence-electron chi connectivity index (χ0n) is 27.1. The predicted molar refractivity (Wildman–Crippen MR) is 178 cm³/mol. The van der Waals surface area contributed by atoms with Gasteiger partial charge in [-0.2, -0.15) is 0 Å². The number of hydrogen-bond acceptors (Lipinski definition) is 9. The van der Waals surface area contributed by atoms with E-state index >= 15 is 4.39 Å². The first kappa shape index (κ1) is 38.8. The average Bonchev–Trinajstić information content (AvgIpc) is 3.44. The zero-order chi connectivity index (χ0) is 35.1. The maximum absolute atomic E-state index is 15.1. The van der Waals surface area contributed by atoms with Gasteiger partial charge < -0.3 is 30.5 Å². The van der Waals surface area contributed by atoms with Gasteiger partial charge in [-0.3, -0.25) is 9.59 Å². The molecule has 0 radical (unpaired) electrons. The van der Waals surface area contributed by atoms with Crippen LogP contribution in [0.25, 0.3) is 0 Å².